The van der Waals surface area contributed by atoms with Crippen molar-refractivity contribution in [1.29, 1.82) is 0 Å². The van der Waals surface area contributed by atoms with E-state index in [4.69, 9.17) is 9.41 Å². The SMILES string of the molecule is CN(C)c1ccc(-c2nnc(NC3N=C(c4ccccc4)c4ccccc4NC3=O)o2)nc1. The average molecular weight is 439 g/mol. The summed E-state index contributed by atoms with van der Waals surface area (Å²) in [5.41, 5.74) is 4.58. The van der Waals surface area contributed by atoms with Gasteiger partial charge in [0.15, 0.2) is 0 Å². The molecule has 9 heteroatoms. The van der Waals surface area contributed by atoms with Crippen LogP contribution in [0, 0.1) is 0 Å². The Balaban J connectivity index is 1.45. The van der Waals surface area contributed by atoms with E-state index in [1.807, 2.05) is 79.7 Å². The fraction of sp³-hybridized carbons (Fsp3) is 0.125. The van der Waals surface area contributed by atoms with E-state index in [1.54, 1.807) is 12.3 Å². The molecule has 0 aliphatic carbocycles. The zero-order valence-electron chi connectivity index (χ0n) is 18.1. The monoisotopic (exact) mass is 439 g/mol. The molecule has 0 saturated carbocycles. The number of pyridine rings is 1. The Bertz CT molecular complexity index is 1310. The van der Waals surface area contributed by atoms with Crippen LogP contribution in [0.2, 0.25) is 0 Å². The largest absolute Gasteiger partial charge is 0.402 e. The van der Waals surface area contributed by atoms with Gasteiger partial charge in [-0.2, -0.15) is 0 Å². The van der Waals surface area contributed by atoms with Crippen molar-refractivity contribution in [3.05, 3.63) is 84.1 Å². The minimum Gasteiger partial charge on any atom is -0.402 e. The standard InChI is InChI=1S/C24H21N7O2/c1-31(2)16-12-13-19(25-14-16)23-29-30-24(33-23)28-21-22(32)26-18-11-7-6-10-17(18)20(27-21)15-8-4-3-5-9-15/h3-14,21H,1-2H3,(H,26,32)(H,28,30). The summed E-state index contributed by atoms with van der Waals surface area (Å²) >= 11 is 0. The van der Waals surface area contributed by atoms with Gasteiger partial charge in [0, 0.05) is 25.2 Å². The van der Waals surface area contributed by atoms with Gasteiger partial charge in [0.2, 0.25) is 6.17 Å². The Morgan fingerprint density at radius 1 is 0.970 bits per heavy atom. The molecule has 2 aromatic carbocycles. The molecule has 4 aromatic rings. The van der Waals surface area contributed by atoms with E-state index in [9.17, 15) is 4.79 Å². The second kappa shape index (κ2) is 8.54. The molecule has 2 N–H and O–H groups in total. The van der Waals surface area contributed by atoms with E-state index in [-0.39, 0.29) is 17.8 Å². The summed E-state index contributed by atoms with van der Waals surface area (Å²) in [4.78, 5) is 24.0. The number of aromatic nitrogens is 3. The summed E-state index contributed by atoms with van der Waals surface area (Å²) < 4.78 is 5.72. The molecule has 0 saturated heterocycles. The fourth-order valence-corrected chi connectivity index (χ4v) is 3.46. The predicted molar refractivity (Wildman–Crippen MR) is 126 cm³/mol. The molecule has 1 aliphatic heterocycles. The van der Waals surface area contributed by atoms with Crippen molar-refractivity contribution >= 4 is 29.0 Å². The summed E-state index contributed by atoms with van der Waals surface area (Å²) in [7, 11) is 3.87. The molecule has 3 heterocycles. The number of para-hydroxylation sites is 1. The lowest BCUT2D eigenvalue weighted by molar-refractivity contribution is -0.116. The van der Waals surface area contributed by atoms with E-state index < -0.39 is 6.17 Å². The maximum absolute atomic E-state index is 12.9. The number of anilines is 3. The number of amides is 1. The minimum atomic E-state index is -0.968. The quantitative estimate of drug-likeness (QED) is 0.490. The number of rotatable bonds is 5. The highest BCUT2D eigenvalue weighted by Gasteiger charge is 2.27. The molecule has 0 spiro atoms. The number of benzene rings is 2. The second-order valence-electron chi connectivity index (χ2n) is 7.63. The molecule has 0 fully saturated rings. The highest BCUT2D eigenvalue weighted by Crippen LogP contribution is 2.25. The number of aliphatic imine (C=N–C) groups is 1. The van der Waals surface area contributed by atoms with Crippen LogP contribution in [0.5, 0.6) is 0 Å². The third kappa shape index (κ3) is 4.16. The van der Waals surface area contributed by atoms with Gasteiger partial charge in [-0.15, -0.1) is 5.10 Å². The van der Waals surface area contributed by atoms with Crippen LogP contribution in [0.3, 0.4) is 0 Å². The molecule has 1 atom stereocenters. The number of fused-ring (bicyclic) bond motifs is 1. The van der Waals surface area contributed by atoms with Crippen LogP contribution in [0.15, 0.2) is 82.3 Å². The molecule has 164 valence electrons. The molecule has 1 amide bonds. The maximum atomic E-state index is 12.9. The van der Waals surface area contributed by atoms with E-state index in [0.29, 0.717) is 17.1 Å². The average Bonchev–Trinajstić information content (AvgIpc) is 3.26. The molecule has 9 nitrogen and oxygen atoms in total. The predicted octanol–water partition coefficient (Wildman–Crippen LogP) is 3.43. The van der Waals surface area contributed by atoms with Crippen LogP contribution in [0.1, 0.15) is 11.1 Å². The molecule has 0 bridgehead atoms. The third-order valence-corrected chi connectivity index (χ3v) is 5.16. The number of hydrogen-bond donors (Lipinski definition) is 2. The van der Waals surface area contributed by atoms with Crippen molar-refractivity contribution in [1.82, 2.24) is 15.2 Å². The lowest BCUT2D eigenvalue weighted by atomic mass is 10.0. The fourth-order valence-electron chi connectivity index (χ4n) is 3.46. The Labute approximate surface area is 190 Å². The van der Waals surface area contributed by atoms with Crippen molar-refractivity contribution in [2.45, 2.75) is 6.17 Å². The van der Waals surface area contributed by atoms with Gasteiger partial charge in [-0.05, 0) is 18.2 Å². The van der Waals surface area contributed by atoms with E-state index in [1.165, 1.54) is 0 Å². The van der Waals surface area contributed by atoms with Crippen molar-refractivity contribution in [2.24, 2.45) is 4.99 Å². The van der Waals surface area contributed by atoms with Crippen LogP contribution in [0.4, 0.5) is 17.4 Å². The summed E-state index contributed by atoms with van der Waals surface area (Å²) in [6.45, 7) is 0. The first-order chi connectivity index (χ1) is 16.1. The van der Waals surface area contributed by atoms with E-state index in [0.717, 1.165) is 16.8 Å². The number of nitrogens with zero attached hydrogens (tertiary/aromatic N) is 5. The molecule has 1 unspecified atom stereocenters. The lowest BCUT2D eigenvalue weighted by Gasteiger charge is -2.11. The topological polar surface area (TPSA) is 109 Å². The molecular weight excluding hydrogens is 418 g/mol. The lowest BCUT2D eigenvalue weighted by Crippen LogP contribution is -2.32. The third-order valence-electron chi connectivity index (χ3n) is 5.16. The summed E-state index contributed by atoms with van der Waals surface area (Å²) in [6, 6.07) is 21.1. The van der Waals surface area contributed by atoms with Gasteiger partial charge >= 0.3 is 6.01 Å². The molecule has 33 heavy (non-hydrogen) atoms. The van der Waals surface area contributed by atoms with Gasteiger partial charge in [0.25, 0.3) is 11.8 Å². The van der Waals surface area contributed by atoms with E-state index in [2.05, 4.69) is 25.8 Å². The Morgan fingerprint density at radius 2 is 1.76 bits per heavy atom. The van der Waals surface area contributed by atoms with Gasteiger partial charge in [-0.25, -0.2) is 9.98 Å². The van der Waals surface area contributed by atoms with Gasteiger partial charge in [0.05, 0.1) is 23.3 Å². The first-order valence-corrected chi connectivity index (χ1v) is 10.4. The van der Waals surface area contributed by atoms with Crippen molar-refractivity contribution in [3.8, 4) is 11.6 Å². The normalized spacial score (nSPS) is 15.2. The zero-order valence-corrected chi connectivity index (χ0v) is 18.1. The molecule has 0 radical (unpaired) electrons. The number of carbonyl (C=O) groups excluding carboxylic acids is 1. The minimum absolute atomic E-state index is 0.0748. The summed E-state index contributed by atoms with van der Waals surface area (Å²) in [5.74, 6) is -0.0889. The van der Waals surface area contributed by atoms with Gasteiger partial charge in [-0.1, -0.05) is 53.6 Å². The summed E-state index contributed by atoms with van der Waals surface area (Å²) in [5, 5.41) is 14.0. The van der Waals surface area contributed by atoms with E-state index >= 15 is 0 Å². The van der Waals surface area contributed by atoms with Crippen LogP contribution in [-0.2, 0) is 4.79 Å². The summed E-state index contributed by atoms with van der Waals surface area (Å²) in [6.07, 6.45) is 0.754. The number of benzodiazepines with no additional fused rings is 1. The van der Waals surface area contributed by atoms with Gasteiger partial charge in [0.1, 0.15) is 5.69 Å². The molecule has 2 aromatic heterocycles. The Hall–Kier alpha value is -4.53. The van der Waals surface area contributed by atoms with Crippen molar-refractivity contribution in [3.63, 3.8) is 0 Å². The number of nitrogens with one attached hydrogen (secondary N) is 2. The molecule has 5 rings (SSSR count). The van der Waals surface area contributed by atoms with Crippen LogP contribution in [-0.4, -0.2) is 47.1 Å². The first-order valence-electron chi connectivity index (χ1n) is 10.4. The van der Waals surface area contributed by atoms with Crippen LogP contribution in [0.25, 0.3) is 11.6 Å². The van der Waals surface area contributed by atoms with Crippen molar-refractivity contribution in [2.75, 3.05) is 29.6 Å². The molecule has 1 aliphatic rings. The van der Waals surface area contributed by atoms with Crippen LogP contribution >= 0.6 is 0 Å². The highest BCUT2D eigenvalue weighted by molar-refractivity contribution is 6.19. The Kier molecular flexibility index (Phi) is 5.27. The molecular formula is C24H21N7O2. The zero-order chi connectivity index (χ0) is 22.8. The van der Waals surface area contributed by atoms with Crippen molar-refractivity contribution < 1.29 is 9.21 Å². The van der Waals surface area contributed by atoms with Gasteiger partial charge < -0.3 is 20.0 Å². The smallest absolute Gasteiger partial charge is 0.317 e. The maximum Gasteiger partial charge on any atom is 0.317 e. The second-order valence-corrected chi connectivity index (χ2v) is 7.63. The highest BCUT2D eigenvalue weighted by atomic mass is 16.4. The van der Waals surface area contributed by atoms with Crippen LogP contribution < -0.4 is 15.5 Å². The number of hydrogen-bond acceptors (Lipinski definition) is 8. The Morgan fingerprint density at radius 3 is 2.52 bits per heavy atom. The number of carbonyl (C=O) groups is 1. The van der Waals surface area contributed by atoms with Gasteiger partial charge in [-0.3, -0.25) is 4.79 Å². The first kappa shape index (κ1) is 20.4.